The van der Waals surface area contributed by atoms with Crippen molar-refractivity contribution in [2.75, 3.05) is 4.72 Å². The second-order valence-electron chi connectivity index (χ2n) is 3.87. The fourth-order valence-electron chi connectivity index (χ4n) is 1.49. The van der Waals surface area contributed by atoms with Crippen LogP contribution in [0, 0.1) is 23.0 Å². The zero-order valence-electron chi connectivity index (χ0n) is 9.97. The lowest BCUT2D eigenvalue weighted by Crippen LogP contribution is -2.14. The van der Waals surface area contributed by atoms with E-state index < -0.39 is 27.3 Å². The highest BCUT2D eigenvalue weighted by molar-refractivity contribution is 7.92. The van der Waals surface area contributed by atoms with Gasteiger partial charge >= 0.3 is 0 Å². The zero-order chi connectivity index (χ0) is 14.8. The number of anilines is 1. The molecule has 0 aliphatic heterocycles. The summed E-state index contributed by atoms with van der Waals surface area (Å²) in [5.74, 6) is -1.65. The Morgan fingerprint density at radius 3 is 2.30 bits per heavy atom. The van der Waals surface area contributed by atoms with Crippen LogP contribution in [0.4, 0.5) is 14.5 Å². The van der Waals surface area contributed by atoms with Crippen LogP contribution >= 0.6 is 0 Å². The average Bonchev–Trinajstić information content (AvgIpc) is 2.43. The molecule has 0 aromatic heterocycles. The lowest BCUT2D eigenvalue weighted by atomic mass is 10.2. The number of nitrogens with zero attached hydrogens (tertiary/aromatic N) is 1. The van der Waals surface area contributed by atoms with Crippen LogP contribution in [0.3, 0.4) is 0 Å². The Bertz CT molecular complexity index is 781. The normalized spacial score (nSPS) is 10.8. The molecule has 102 valence electrons. The molecule has 0 heterocycles. The molecular weight excluding hydrogens is 286 g/mol. The second-order valence-corrected chi connectivity index (χ2v) is 5.55. The zero-order valence-corrected chi connectivity index (χ0v) is 10.8. The van der Waals surface area contributed by atoms with Crippen LogP contribution in [0.2, 0.25) is 0 Å². The Hall–Kier alpha value is -2.46. The summed E-state index contributed by atoms with van der Waals surface area (Å²) in [5.41, 5.74) is -0.185. The van der Waals surface area contributed by atoms with Crippen molar-refractivity contribution < 1.29 is 17.2 Å². The van der Waals surface area contributed by atoms with Gasteiger partial charge in [0.05, 0.1) is 22.2 Å². The number of hydrogen-bond acceptors (Lipinski definition) is 3. The highest BCUT2D eigenvalue weighted by atomic mass is 32.2. The van der Waals surface area contributed by atoms with Crippen molar-refractivity contribution in [1.29, 1.82) is 5.26 Å². The van der Waals surface area contributed by atoms with Gasteiger partial charge in [0.25, 0.3) is 10.0 Å². The molecule has 2 rings (SSSR count). The van der Waals surface area contributed by atoms with Crippen LogP contribution < -0.4 is 4.72 Å². The van der Waals surface area contributed by atoms with Gasteiger partial charge in [-0.15, -0.1) is 0 Å². The quantitative estimate of drug-likeness (QED) is 0.946. The van der Waals surface area contributed by atoms with Crippen LogP contribution in [0.25, 0.3) is 0 Å². The minimum absolute atomic E-state index is 0.153. The first kappa shape index (κ1) is 14.0. The number of sulfonamides is 1. The first-order valence-corrected chi connectivity index (χ1v) is 6.89. The van der Waals surface area contributed by atoms with Crippen molar-refractivity contribution >= 4 is 15.7 Å². The monoisotopic (exact) mass is 294 g/mol. The van der Waals surface area contributed by atoms with E-state index in [0.717, 1.165) is 18.2 Å². The third-order valence-electron chi connectivity index (χ3n) is 2.47. The molecule has 20 heavy (non-hydrogen) atoms. The van der Waals surface area contributed by atoms with Gasteiger partial charge in [-0.1, -0.05) is 0 Å². The van der Waals surface area contributed by atoms with Crippen LogP contribution in [-0.2, 0) is 10.0 Å². The Kier molecular flexibility index (Phi) is 3.68. The van der Waals surface area contributed by atoms with E-state index in [0.29, 0.717) is 5.56 Å². The van der Waals surface area contributed by atoms with Crippen molar-refractivity contribution in [1.82, 2.24) is 0 Å². The summed E-state index contributed by atoms with van der Waals surface area (Å²) in [6.45, 7) is 0. The fourth-order valence-corrected chi connectivity index (χ4v) is 2.55. The van der Waals surface area contributed by atoms with Gasteiger partial charge in [0.15, 0.2) is 0 Å². The highest BCUT2D eigenvalue weighted by Gasteiger charge is 2.16. The highest BCUT2D eigenvalue weighted by Crippen LogP contribution is 2.20. The number of hydrogen-bond donors (Lipinski definition) is 1. The molecule has 0 atom stereocenters. The van der Waals surface area contributed by atoms with Crippen LogP contribution in [0.1, 0.15) is 5.56 Å². The van der Waals surface area contributed by atoms with Gasteiger partial charge < -0.3 is 0 Å². The molecule has 4 nitrogen and oxygen atoms in total. The van der Waals surface area contributed by atoms with E-state index in [-0.39, 0.29) is 4.90 Å². The van der Waals surface area contributed by atoms with E-state index in [2.05, 4.69) is 0 Å². The summed E-state index contributed by atoms with van der Waals surface area (Å²) >= 11 is 0. The lowest BCUT2D eigenvalue weighted by molar-refractivity contribution is 0.594. The summed E-state index contributed by atoms with van der Waals surface area (Å²) in [6.07, 6.45) is 0. The van der Waals surface area contributed by atoms with E-state index in [9.17, 15) is 17.2 Å². The van der Waals surface area contributed by atoms with Crippen molar-refractivity contribution in [3.05, 3.63) is 59.7 Å². The molecule has 2 aromatic carbocycles. The van der Waals surface area contributed by atoms with Crippen molar-refractivity contribution in [2.24, 2.45) is 0 Å². The SMILES string of the molecule is N#Cc1ccc(S(=O)(=O)Nc2cc(F)ccc2F)cc1. The van der Waals surface area contributed by atoms with Gasteiger partial charge in [0.2, 0.25) is 0 Å². The predicted octanol–water partition coefficient (Wildman–Crippen LogP) is 2.64. The standard InChI is InChI=1S/C13H8F2N2O2S/c14-10-3-6-12(15)13(7-10)17-20(18,19)11-4-1-9(8-16)2-5-11/h1-7,17H. The summed E-state index contributed by atoms with van der Waals surface area (Å²) in [4.78, 5) is -0.153. The Balaban J connectivity index is 2.35. The molecule has 0 aliphatic rings. The summed E-state index contributed by atoms with van der Waals surface area (Å²) in [6, 6.07) is 9.35. The maximum absolute atomic E-state index is 13.4. The van der Waals surface area contributed by atoms with E-state index in [1.807, 2.05) is 10.8 Å². The summed E-state index contributed by atoms with van der Waals surface area (Å²) < 4.78 is 52.3. The molecule has 0 saturated heterocycles. The minimum atomic E-state index is -4.04. The number of benzene rings is 2. The molecule has 0 fully saturated rings. The first-order valence-electron chi connectivity index (χ1n) is 5.40. The summed E-state index contributed by atoms with van der Waals surface area (Å²) in [5, 5.41) is 8.63. The molecular formula is C13H8F2N2O2S. The lowest BCUT2D eigenvalue weighted by Gasteiger charge is -2.09. The van der Waals surface area contributed by atoms with Crippen molar-refractivity contribution in [2.45, 2.75) is 4.90 Å². The maximum atomic E-state index is 13.4. The van der Waals surface area contributed by atoms with Crippen LogP contribution in [-0.4, -0.2) is 8.42 Å². The molecule has 0 bridgehead atoms. The molecule has 2 aromatic rings. The smallest absolute Gasteiger partial charge is 0.261 e. The molecule has 0 saturated carbocycles. The molecule has 0 aliphatic carbocycles. The largest absolute Gasteiger partial charge is 0.277 e. The Morgan fingerprint density at radius 2 is 1.70 bits per heavy atom. The van der Waals surface area contributed by atoms with Gasteiger partial charge in [-0.25, -0.2) is 17.2 Å². The van der Waals surface area contributed by atoms with Gasteiger partial charge in [-0.05, 0) is 36.4 Å². The molecule has 1 N–H and O–H groups in total. The summed E-state index contributed by atoms with van der Waals surface area (Å²) in [7, 11) is -4.04. The number of halogens is 2. The maximum Gasteiger partial charge on any atom is 0.261 e. The Labute approximate surface area is 114 Å². The first-order chi connectivity index (χ1) is 9.42. The van der Waals surface area contributed by atoms with E-state index in [4.69, 9.17) is 5.26 Å². The predicted molar refractivity (Wildman–Crippen MR) is 68.3 cm³/mol. The van der Waals surface area contributed by atoms with Crippen molar-refractivity contribution in [3.8, 4) is 6.07 Å². The van der Waals surface area contributed by atoms with Gasteiger partial charge in [0, 0.05) is 6.07 Å². The van der Waals surface area contributed by atoms with Gasteiger partial charge in [0.1, 0.15) is 11.6 Å². The molecule has 0 spiro atoms. The van der Waals surface area contributed by atoms with E-state index >= 15 is 0 Å². The Morgan fingerprint density at radius 1 is 1.05 bits per heavy atom. The van der Waals surface area contributed by atoms with Gasteiger partial charge in [-0.2, -0.15) is 5.26 Å². The number of rotatable bonds is 3. The molecule has 0 radical (unpaired) electrons. The molecule has 7 heteroatoms. The number of nitrogens with one attached hydrogen (secondary N) is 1. The third-order valence-corrected chi connectivity index (χ3v) is 3.85. The van der Waals surface area contributed by atoms with Crippen LogP contribution in [0.15, 0.2) is 47.4 Å². The molecule has 0 unspecified atom stereocenters. The fraction of sp³-hybridized carbons (Fsp3) is 0. The average molecular weight is 294 g/mol. The second kappa shape index (κ2) is 5.27. The minimum Gasteiger partial charge on any atom is -0.277 e. The molecule has 0 amide bonds. The third kappa shape index (κ3) is 2.92. The number of nitriles is 1. The van der Waals surface area contributed by atoms with Gasteiger partial charge in [-0.3, -0.25) is 4.72 Å². The topological polar surface area (TPSA) is 70.0 Å². The van der Waals surface area contributed by atoms with E-state index in [1.54, 1.807) is 0 Å². The van der Waals surface area contributed by atoms with Crippen molar-refractivity contribution in [3.63, 3.8) is 0 Å². The van der Waals surface area contributed by atoms with E-state index in [1.165, 1.54) is 24.3 Å². The van der Waals surface area contributed by atoms with Crippen LogP contribution in [0.5, 0.6) is 0 Å².